The van der Waals surface area contributed by atoms with Gasteiger partial charge in [0.15, 0.2) is 5.82 Å². The lowest BCUT2D eigenvalue weighted by molar-refractivity contribution is 0.598. The van der Waals surface area contributed by atoms with Crippen molar-refractivity contribution < 1.29 is 8.42 Å². The Kier molecular flexibility index (Phi) is 4.73. The summed E-state index contributed by atoms with van der Waals surface area (Å²) in [6, 6.07) is 15.9. The summed E-state index contributed by atoms with van der Waals surface area (Å²) >= 11 is 2.24. The van der Waals surface area contributed by atoms with Crippen LogP contribution >= 0.6 is 22.6 Å². The Morgan fingerprint density at radius 3 is 2.58 bits per heavy atom. The van der Waals surface area contributed by atoms with Crippen molar-refractivity contribution in [2.75, 3.05) is 10.6 Å². The topological polar surface area (TPSA) is 113 Å². The van der Waals surface area contributed by atoms with Gasteiger partial charge in [-0.25, -0.2) is 13.6 Å². The molecule has 24 heavy (non-hydrogen) atoms. The molecule has 9 heteroatoms. The molecular formula is C15H14IN5O2S. The van der Waals surface area contributed by atoms with Crippen LogP contribution in [0.5, 0.6) is 0 Å². The van der Waals surface area contributed by atoms with Crippen molar-refractivity contribution in [3.63, 3.8) is 0 Å². The highest BCUT2D eigenvalue weighted by Gasteiger charge is 2.09. The average molecular weight is 455 g/mol. The average Bonchev–Trinajstić information content (AvgIpc) is 2.96. The zero-order valence-electron chi connectivity index (χ0n) is 12.3. The van der Waals surface area contributed by atoms with E-state index in [4.69, 9.17) is 5.14 Å². The van der Waals surface area contributed by atoms with Gasteiger partial charge in [0.05, 0.1) is 10.6 Å². The van der Waals surface area contributed by atoms with Crippen LogP contribution in [0.4, 0.5) is 23.0 Å². The number of aromatic nitrogens is 2. The van der Waals surface area contributed by atoms with E-state index in [1.54, 1.807) is 18.2 Å². The van der Waals surface area contributed by atoms with Crippen LogP contribution in [0.1, 0.15) is 0 Å². The minimum Gasteiger partial charge on any atom is -0.341 e. The van der Waals surface area contributed by atoms with E-state index in [9.17, 15) is 8.42 Å². The number of para-hydroxylation sites is 1. The van der Waals surface area contributed by atoms with Crippen molar-refractivity contribution >= 4 is 55.6 Å². The second kappa shape index (κ2) is 6.79. The predicted octanol–water partition coefficient (Wildman–Crippen LogP) is 3.15. The summed E-state index contributed by atoms with van der Waals surface area (Å²) in [5.74, 6) is 1.26. The highest BCUT2D eigenvalue weighted by molar-refractivity contribution is 14.1. The van der Waals surface area contributed by atoms with Crippen LogP contribution in [0.3, 0.4) is 0 Å². The number of hydrogen-bond donors (Lipinski definition) is 4. The molecule has 0 aliphatic carbocycles. The molecule has 0 aliphatic rings. The fourth-order valence-electron chi connectivity index (χ4n) is 2.06. The van der Waals surface area contributed by atoms with E-state index >= 15 is 0 Å². The van der Waals surface area contributed by atoms with Gasteiger partial charge in [-0.15, -0.1) is 0 Å². The minimum absolute atomic E-state index is 0.0456. The van der Waals surface area contributed by atoms with Gasteiger partial charge in [-0.05, 0) is 52.9 Å². The van der Waals surface area contributed by atoms with Crippen molar-refractivity contribution in [1.82, 2.24) is 10.2 Å². The molecule has 1 heterocycles. The molecule has 7 nitrogen and oxygen atoms in total. The monoisotopic (exact) mass is 455 g/mol. The van der Waals surface area contributed by atoms with Crippen LogP contribution in [0.25, 0.3) is 0 Å². The molecule has 0 saturated heterocycles. The smallest absolute Gasteiger partial charge is 0.238 e. The van der Waals surface area contributed by atoms with Crippen LogP contribution in [-0.4, -0.2) is 18.6 Å². The number of H-pyrrole nitrogens is 1. The molecule has 0 spiro atoms. The fourth-order valence-corrected chi connectivity index (χ4v) is 3.14. The van der Waals surface area contributed by atoms with Gasteiger partial charge in [-0.3, -0.25) is 5.10 Å². The van der Waals surface area contributed by atoms with Gasteiger partial charge in [0.2, 0.25) is 10.0 Å². The Labute approximate surface area is 152 Å². The summed E-state index contributed by atoms with van der Waals surface area (Å²) < 4.78 is 23.9. The number of rotatable bonds is 5. The van der Waals surface area contributed by atoms with Gasteiger partial charge in [0, 0.05) is 15.3 Å². The number of benzene rings is 2. The first kappa shape index (κ1) is 16.7. The Morgan fingerprint density at radius 2 is 1.83 bits per heavy atom. The van der Waals surface area contributed by atoms with Crippen LogP contribution in [0, 0.1) is 3.57 Å². The summed E-state index contributed by atoms with van der Waals surface area (Å²) in [5.41, 5.74) is 1.54. The van der Waals surface area contributed by atoms with Gasteiger partial charge in [-0.1, -0.05) is 18.2 Å². The molecule has 0 aliphatic heterocycles. The van der Waals surface area contributed by atoms with Crippen LogP contribution in [0.15, 0.2) is 59.5 Å². The summed E-state index contributed by atoms with van der Waals surface area (Å²) in [6.45, 7) is 0. The van der Waals surface area contributed by atoms with Crippen molar-refractivity contribution in [2.45, 2.75) is 4.90 Å². The van der Waals surface area contributed by atoms with Gasteiger partial charge in [-0.2, -0.15) is 5.10 Å². The summed E-state index contributed by atoms with van der Waals surface area (Å²) in [5, 5.41) is 18.4. The molecule has 124 valence electrons. The number of primary sulfonamides is 1. The summed E-state index contributed by atoms with van der Waals surface area (Å²) in [6.07, 6.45) is 0. The van der Waals surface area contributed by atoms with Crippen molar-refractivity contribution in [3.8, 4) is 0 Å². The second-order valence-electron chi connectivity index (χ2n) is 4.97. The zero-order chi connectivity index (χ0) is 17.2. The first-order valence-corrected chi connectivity index (χ1v) is 9.51. The summed E-state index contributed by atoms with van der Waals surface area (Å²) in [7, 11) is -3.74. The predicted molar refractivity (Wildman–Crippen MR) is 102 cm³/mol. The number of nitrogens with zero attached hydrogens (tertiary/aromatic N) is 1. The third-order valence-electron chi connectivity index (χ3n) is 3.16. The van der Waals surface area contributed by atoms with E-state index in [-0.39, 0.29) is 4.90 Å². The maximum atomic E-state index is 11.4. The molecule has 0 fully saturated rings. The lowest BCUT2D eigenvalue weighted by Gasteiger charge is -2.05. The molecule has 1 aromatic heterocycles. The van der Waals surface area contributed by atoms with E-state index in [0.29, 0.717) is 17.3 Å². The zero-order valence-corrected chi connectivity index (χ0v) is 15.3. The third-order valence-corrected chi connectivity index (χ3v) is 5.01. The van der Waals surface area contributed by atoms with Crippen molar-refractivity contribution in [2.24, 2.45) is 5.14 Å². The van der Waals surface area contributed by atoms with Gasteiger partial charge in [0.25, 0.3) is 0 Å². The Bertz CT molecular complexity index is 971. The Balaban J connectivity index is 1.76. The number of sulfonamides is 1. The number of nitrogens with one attached hydrogen (secondary N) is 3. The summed E-state index contributed by atoms with van der Waals surface area (Å²) in [4.78, 5) is 0.0456. The normalized spacial score (nSPS) is 11.2. The molecule has 0 unspecified atom stereocenters. The van der Waals surface area contributed by atoms with Gasteiger partial charge < -0.3 is 10.6 Å². The number of anilines is 4. The van der Waals surface area contributed by atoms with E-state index in [2.05, 4.69) is 43.4 Å². The molecule has 0 bridgehead atoms. The van der Waals surface area contributed by atoms with Crippen molar-refractivity contribution in [3.05, 3.63) is 58.2 Å². The van der Waals surface area contributed by atoms with E-state index < -0.39 is 10.0 Å². The van der Waals surface area contributed by atoms with Crippen LogP contribution < -0.4 is 15.8 Å². The first-order valence-electron chi connectivity index (χ1n) is 6.89. The van der Waals surface area contributed by atoms with Crippen molar-refractivity contribution in [1.29, 1.82) is 0 Å². The molecule has 5 N–H and O–H groups in total. The molecule has 0 amide bonds. The number of nitrogens with two attached hydrogens (primary N) is 1. The van der Waals surface area contributed by atoms with Crippen LogP contribution in [0.2, 0.25) is 0 Å². The van der Waals surface area contributed by atoms with Crippen LogP contribution in [-0.2, 0) is 10.0 Å². The van der Waals surface area contributed by atoms with E-state index in [1.165, 1.54) is 12.1 Å². The third kappa shape index (κ3) is 4.04. The molecule has 0 saturated carbocycles. The standard InChI is InChI=1S/C15H14IN5O2S/c16-12-6-1-2-7-13(12)19-15-9-14(20-21-15)18-10-4-3-5-11(8-10)24(17,22)23/h1-9H,(H2,17,22,23)(H3,18,19,20,21). The molecule has 3 rings (SSSR count). The number of halogens is 1. The largest absolute Gasteiger partial charge is 0.341 e. The minimum atomic E-state index is -3.74. The van der Waals surface area contributed by atoms with Gasteiger partial charge in [0.1, 0.15) is 5.82 Å². The lowest BCUT2D eigenvalue weighted by Crippen LogP contribution is -2.12. The fraction of sp³-hybridized carbons (Fsp3) is 0. The molecule has 0 atom stereocenters. The maximum absolute atomic E-state index is 11.4. The Hall–Kier alpha value is -2.11. The second-order valence-corrected chi connectivity index (χ2v) is 7.69. The van der Waals surface area contributed by atoms with E-state index in [0.717, 1.165) is 9.26 Å². The Morgan fingerprint density at radius 1 is 1.04 bits per heavy atom. The lowest BCUT2D eigenvalue weighted by atomic mass is 10.3. The molecule has 0 radical (unpaired) electrons. The molecular weight excluding hydrogens is 441 g/mol. The first-order chi connectivity index (χ1) is 11.4. The molecule has 3 aromatic rings. The quantitative estimate of drug-likeness (QED) is 0.442. The number of hydrogen-bond acceptors (Lipinski definition) is 5. The highest BCUT2D eigenvalue weighted by atomic mass is 127. The van der Waals surface area contributed by atoms with E-state index in [1.807, 2.05) is 24.3 Å². The highest BCUT2D eigenvalue weighted by Crippen LogP contribution is 2.24. The molecule has 2 aromatic carbocycles. The number of aromatic amines is 1. The van der Waals surface area contributed by atoms with Gasteiger partial charge >= 0.3 is 0 Å². The SMILES string of the molecule is NS(=O)(=O)c1cccc(Nc2cc(Nc3ccccc3I)n[nH]2)c1. The maximum Gasteiger partial charge on any atom is 0.238 e.